The van der Waals surface area contributed by atoms with E-state index in [2.05, 4.69) is 10.2 Å². The molecular formula is C22H22N2O4. The van der Waals surface area contributed by atoms with Crippen LogP contribution in [0.5, 0.6) is 5.75 Å². The summed E-state index contributed by atoms with van der Waals surface area (Å²) < 4.78 is 6.05. The summed E-state index contributed by atoms with van der Waals surface area (Å²) >= 11 is 0. The number of carbonyl (C=O) groups is 1. The number of phenolic OH excluding ortho intramolecular Hbond substituents is 1. The van der Waals surface area contributed by atoms with Crippen LogP contribution in [-0.2, 0) is 6.54 Å². The first-order valence-electron chi connectivity index (χ1n) is 9.41. The minimum atomic E-state index is -0.509. The zero-order chi connectivity index (χ0) is 19.7. The van der Waals surface area contributed by atoms with E-state index in [9.17, 15) is 14.7 Å². The lowest BCUT2D eigenvalue weighted by atomic mass is 10.0. The molecule has 0 bridgehead atoms. The maximum atomic E-state index is 13.4. The largest absolute Gasteiger partial charge is 0.508 e. The molecule has 1 aromatic heterocycles. The summed E-state index contributed by atoms with van der Waals surface area (Å²) in [6, 6.07) is 12.2. The van der Waals surface area contributed by atoms with Gasteiger partial charge in [-0.2, -0.15) is 0 Å². The Kier molecular flexibility index (Phi) is 4.88. The van der Waals surface area contributed by atoms with Crippen LogP contribution >= 0.6 is 0 Å². The minimum absolute atomic E-state index is 0.0435. The average molecular weight is 378 g/mol. The lowest BCUT2D eigenvalue weighted by molar-refractivity contribution is 0.0961. The van der Waals surface area contributed by atoms with Gasteiger partial charge in [-0.25, -0.2) is 0 Å². The molecule has 3 aromatic rings. The summed E-state index contributed by atoms with van der Waals surface area (Å²) in [7, 11) is 1.48. The molecule has 2 aromatic carbocycles. The summed E-state index contributed by atoms with van der Waals surface area (Å²) in [6.45, 7) is 2.29. The number of phenols is 1. The zero-order valence-corrected chi connectivity index (χ0v) is 15.7. The van der Waals surface area contributed by atoms with Crippen molar-refractivity contribution >= 4 is 16.9 Å². The number of nitrogens with zero attached hydrogens (tertiary/aromatic N) is 1. The van der Waals surface area contributed by atoms with Crippen LogP contribution in [0.3, 0.4) is 0 Å². The van der Waals surface area contributed by atoms with E-state index in [1.165, 1.54) is 7.05 Å². The number of rotatable bonds is 4. The number of hydrogen-bond acceptors (Lipinski definition) is 5. The first-order valence-corrected chi connectivity index (χ1v) is 9.41. The van der Waals surface area contributed by atoms with Crippen LogP contribution in [0.2, 0.25) is 0 Å². The molecule has 2 heterocycles. The van der Waals surface area contributed by atoms with Gasteiger partial charge in [0.1, 0.15) is 16.9 Å². The number of likely N-dealkylation sites (tertiary alicyclic amines) is 1. The lowest BCUT2D eigenvalue weighted by Crippen LogP contribution is -2.27. The number of fused-ring (bicyclic) bond motifs is 1. The van der Waals surface area contributed by atoms with Gasteiger partial charge in [0.05, 0.1) is 5.39 Å². The maximum absolute atomic E-state index is 13.4. The smallest absolute Gasteiger partial charge is 0.258 e. The highest BCUT2D eigenvalue weighted by Gasteiger charge is 2.25. The fourth-order valence-electron chi connectivity index (χ4n) is 3.79. The summed E-state index contributed by atoms with van der Waals surface area (Å²) in [4.78, 5) is 28.2. The normalized spacial score (nSPS) is 14.5. The van der Waals surface area contributed by atoms with E-state index >= 15 is 0 Å². The highest BCUT2D eigenvalue weighted by molar-refractivity contribution is 6.02. The second kappa shape index (κ2) is 7.48. The third kappa shape index (κ3) is 3.16. The molecule has 0 spiro atoms. The van der Waals surface area contributed by atoms with Gasteiger partial charge in [0.2, 0.25) is 5.43 Å². The Morgan fingerprint density at radius 3 is 2.54 bits per heavy atom. The van der Waals surface area contributed by atoms with Crippen molar-refractivity contribution in [2.24, 2.45) is 0 Å². The average Bonchev–Trinajstić information content (AvgIpc) is 3.23. The van der Waals surface area contributed by atoms with Crippen LogP contribution in [0.25, 0.3) is 22.3 Å². The van der Waals surface area contributed by atoms with Crippen molar-refractivity contribution < 1.29 is 14.3 Å². The fourth-order valence-corrected chi connectivity index (χ4v) is 3.79. The number of hydrogen-bond donors (Lipinski definition) is 2. The number of nitrogens with one attached hydrogen (secondary N) is 1. The predicted molar refractivity (Wildman–Crippen MR) is 107 cm³/mol. The summed E-state index contributed by atoms with van der Waals surface area (Å²) in [6.07, 6.45) is 2.20. The summed E-state index contributed by atoms with van der Waals surface area (Å²) in [5.41, 5.74) is 1.05. The predicted octanol–water partition coefficient (Wildman–Crippen LogP) is 3.12. The Morgan fingerprint density at radius 1 is 1.14 bits per heavy atom. The third-order valence-electron chi connectivity index (χ3n) is 5.21. The topological polar surface area (TPSA) is 82.8 Å². The second-order valence-corrected chi connectivity index (χ2v) is 7.00. The fraction of sp³-hybridized carbons (Fsp3) is 0.273. The SMILES string of the molecule is CNC(=O)c1c(-c2ccccc2)oc2ccc(O)c(CN3CCCC3)c2c1=O. The van der Waals surface area contributed by atoms with Gasteiger partial charge in [0, 0.05) is 24.7 Å². The van der Waals surface area contributed by atoms with E-state index in [4.69, 9.17) is 4.42 Å². The van der Waals surface area contributed by atoms with E-state index in [0.29, 0.717) is 23.3 Å². The molecule has 6 heteroatoms. The second-order valence-electron chi connectivity index (χ2n) is 7.00. The molecule has 0 unspecified atom stereocenters. The van der Waals surface area contributed by atoms with Gasteiger partial charge in [0.15, 0.2) is 5.76 Å². The summed E-state index contributed by atoms with van der Waals surface area (Å²) in [5.74, 6) is -0.234. The van der Waals surface area contributed by atoms with Gasteiger partial charge in [-0.1, -0.05) is 30.3 Å². The molecule has 0 saturated carbocycles. The van der Waals surface area contributed by atoms with Crippen LogP contribution in [-0.4, -0.2) is 36.1 Å². The molecule has 1 saturated heterocycles. The van der Waals surface area contributed by atoms with Gasteiger partial charge in [-0.3, -0.25) is 14.5 Å². The number of amides is 1. The molecular weight excluding hydrogens is 356 g/mol. The van der Waals surface area contributed by atoms with E-state index in [1.54, 1.807) is 24.3 Å². The van der Waals surface area contributed by atoms with E-state index in [0.717, 1.165) is 25.9 Å². The molecule has 2 N–H and O–H groups in total. The Labute approximate surface area is 162 Å². The Bertz CT molecular complexity index is 1080. The highest BCUT2D eigenvalue weighted by Crippen LogP contribution is 2.32. The molecule has 28 heavy (non-hydrogen) atoms. The first kappa shape index (κ1) is 18.3. The van der Waals surface area contributed by atoms with Crippen LogP contribution in [0, 0.1) is 0 Å². The molecule has 1 aliphatic rings. The van der Waals surface area contributed by atoms with Crippen LogP contribution in [0.15, 0.2) is 51.7 Å². The van der Waals surface area contributed by atoms with E-state index in [-0.39, 0.29) is 22.5 Å². The first-order chi connectivity index (χ1) is 13.6. The van der Waals surface area contributed by atoms with Crippen molar-refractivity contribution in [2.75, 3.05) is 20.1 Å². The maximum Gasteiger partial charge on any atom is 0.258 e. The molecule has 1 fully saturated rings. The Hall–Kier alpha value is -3.12. The van der Waals surface area contributed by atoms with Gasteiger partial charge >= 0.3 is 0 Å². The third-order valence-corrected chi connectivity index (χ3v) is 5.21. The van der Waals surface area contributed by atoms with Crippen molar-refractivity contribution in [1.29, 1.82) is 0 Å². The number of benzene rings is 2. The van der Waals surface area contributed by atoms with E-state index < -0.39 is 11.3 Å². The quantitative estimate of drug-likeness (QED) is 0.729. The molecule has 0 atom stereocenters. The Morgan fingerprint density at radius 2 is 1.86 bits per heavy atom. The van der Waals surface area contributed by atoms with E-state index in [1.807, 2.05) is 18.2 Å². The van der Waals surface area contributed by atoms with Gasteiger partial charge in [-0.05, 0) is 38.1 Å². The van der Waals surface area contributed by atoms with Gasteiger partial charge < -0.3 is 14.8 Å². The van der Waals surface area contributed by atoms with Crippen LogP contribution in [0.4, 0.5) is 0 Å². The lowest BCUT2D eigenvalue weighted by Gasteiger charge is -2.18. The Balaban J connectivity index is 1.99. The van der Waals surface area contributed by atoms with Crippen molar-refractivity contribution in [3.05, 3.63) is 63.8 Å². The molecule has 0 radical (unpaired) electrons. The van der Waals surface area contributed by atoms with Crippen molar-refractivity contribution in [1.82, 2.24) is 10.2 Å². The van der Waals surface area contributed by atoms with Gasteiger partial charge in [0.25, 0.3) is 5.91 Å². The molecule has 6 nitrogen and oxygen atoms in total. The van der Waals surface area contributed by atoms with Crippen LogP contribution < -0.4 is 10.7 Å². The minimum Gasteiger partial charge on any atom is -0.508 e. The zero-order valence-electron chi connectivity index (χ0n) is 15.7. The summed E-state index contributed by atoms with van der Waals surface area (Å²) in [5, 5.41) is 13.3. The van der Waals surface area contributed by atoms with Crippen LogP contribution in [0.1, 0.15) is 28.8 Å². The van der Waals surface area contributed by atoms with Crippen molar-refractivity contribution in [3.8, 4) is 17.1 Å². The van der Waals surface area contributed by atoms with Gasteiger partial charge in [-0.15, -0.1) is 0 Å². The number of carbonyl (C=O) groups excluding carboxylic acids is 1. The standard InChI is InChI=1S/C22H22N2O4/c1-23-22(27)19-20(26)18-15(13-24-11-5-6-12-24)16(25)9-10-17(18)28-21(19)14-7-3-2-4-8-14/h2-4,7-10,25H,5-6,11-13H2,1H3,(H,23,27). The van der Waals surface area contributed by atoms with Crippen molar-refractivity contribution in [3.63, 3.8) is 0 Å². The molecule has 1 aliphatic heterocycles. The molecule has 0 aliphatic carbocycles. The highest BCUT2D eigenvalue weighted by atomic mass is 16.3. The molecule has 4 rings (SSSR count). The molecule has 144 valence electrons. The van der Waals surface area contributed by atoms with Crippen molar-refractivity contribution in [2.45, 2.75) is 19.4 Å². The monoisotopic (exact) mass is 378 g/mol. The molecule has 1 amide bonds. The number of aromatic hydroxyl groups is 1.